The molecule has 3 fully saturated rings. The molecule has 0 amide bonds. The van der Waals surface area contributed by atoms with E-state index in [1.165, 1.54) is 51.5 Å². The van der Waals surface area contributed by atoms with E-state index in [0.29, 0.717) is 5.41 Å². The highest BCUT2D eigenvalue weighted by atomic mass is 32.1. The Morgan fingerprint density at radius 2 is 1.95 bits per heavy atom. The molecule has 0 aromatic carbocycles. The van der Waals surface area contributed by atoms with Crippen LogP contribution in [0.5, 0.6) is 0 Å². The van der Waals surface area contributed by atoms with Crippen molar-refractivity contribution in [2.75, 3.05) is 6.54 Å². The number of aryl methyl sites for hydroxylation is 1. The third-order valence-electron chi connectivity index (χ3n) is 5.42. The van der Waals surface area contributed by atoms with Crippen molar-refractivity contribution < 1.29 is 0 Å². The summed E-state index contributed by atoms with van der Waals surface area (Å²) in [5.74, 6) is 2.18. The van der Waals surface area contributed by atoms with Gasteiger partial charge in [-0.25, -0.2) is 0 Å². The van der Waals surface area contributed by atoms with Gasteiger partial charge in [-0.1, -0.05) is 6.92 Å². The van der Waals surface area contributed by atoms with Crippen molar-refractivity contribution in [1.29, 1.82) is 0 Å². The lowest BCUT2D eigenvalue weighted by Gasteiger charge is -2.31. The molecule has 104 valence electrons. The molecule has 2 atom stereocenters. The van der Waals surface area contributed by atoms with Crippen LogP contribution in [0.2, 0.25) is 0 Å². The normalized spacial score (nSPS) is 36.5. The first-order chi connectivity index (χ1) is 9.26. The summed E-state index contributed by atoms with van der Waals surface area (Å²) in [5.41, 5.74) is 0.603. The molecule has 1 aromatic rings. The van der Waals surface area contributed by atoms with Crippen molar-refractivity contribution in [2.24, 2.45) is 17.3 Å². The van der Waals surface area contributed by atoms with Crippen LogP contribution in [0.15, 0.2) is 12.1 Å². The molecule has 19 heavy (non-hydrogen) atoms. The van der Waals surface area contributed by atoms with Gasteiger partial charge in [0.15, 0.2) is 0 Å². The van der Waals surface area contributed by atoms with Gasteiger partial charge in [-0.2, -0.15) is 0 Å². The SMILES string of the molecule is CCc1ccc(CC2(CNC3CC3)CC3CC3C2)s1. The zero-order valence-electron chi connectivity index (χ0n) is 12.0. The van der Waals surface area contributed by atoms with E-state index in [-0.39, 0.29) is 0 Å². The summed E-state index contributed by atoms with van der Waals surface area (Å²) in [5, 5.41) is 3.83. The van der Waals surface area contributed by atoms with Gasteiger partial charge in [0.2, 0.25) is 0 Å². The van der Waals surface area contributed by atoms with Crippen LogP contribution in [0.25, 0.3) is 0 Å². The van der Waals surface area contributed by atoms with Gasteiger partial charge >= 0.3 is 0 Å². The predicted molar refractivity (Wildman–Crippen MR) is 81.7 cm³/mol. The number of thiophene rings is 1. The Morgan fingerprint density at radius 1 is 1.21 bits per heavy atom. The molecule has 3 aliphatic carbocycles. The summed E-state index contributed by atoms with van der Waals surface area (Å²) in [6.07, 6.45) is 9.90. The van der Waals surface area contributed by atoms with Gasteiger partial charge in [-0.05, 0) is 74.3 Å². The molecule has 2 heteroatoms. The Bertz CT molecular complexity index is 450. The fourth-order valence-electron chi connectivity index (χ4n) is 4.08. The van der Waals surface area contributed by atoms with Gasteiger partial charge in [-0.3, -0.25) is 0 Å². The Balaban J connectivity index is 1.46. The fourth-order valence-corrected chi connectivity index (χ4v) is 5.21. The second-order valence-corrected chi connectivity index (χ2v) is 8.47. The van der Waals surface area contributed by atoms with Gasteiger partial charge in [0, 0.05) is 22.3 Å². The number of hydrogen-bond acceptors (Lipinski definition) is 2. The van der Waals surface area contributed by atoms with Crippen molar-refractivity contribution >= 4 is 11.3 Å². The molecule has 0 radical (unpaired) electrons. The topological polar surface area (TPSA) is 12.0 Å². The Kier molecular flexibility index (Phi) is 3.00. The van der Waals surface area contributed by atoms with Crippen molar-refractivity contribution in [3.8, 4) is 0 Å². The van der Waals surface area contributed by atoms with Crippen molar-refractivity contribution in [2.45, 2.75) is 57.9 Å². The maximum Gasteiger partial charge on any atom is 0.00684 e. The first-order valence-corrected chi connectivity index (χ1v) is 8.89. The predicted octanol–water partition coefficient (Wildman–Crippen LogP) is 4.02. The number of nitrogens with one attached hydrogen (secondary N) is 1. The number of fused-ring (bicyclic) bond motifs is 1. The summed E-state index contributed by atoms with van der Waals surface area (Å²) in [4.78, 5) is 3.19. The zero-order valence-corrected chi connectivity index (χ0v) is 12.8. The third kappa shape index (κ3) is 2.62. The first kappa shape index (κ1) is 12.4. The molecule has 0 saturated heterocycles. The molecule has 0 aliphatic heterocycles. The summed E-state index contributed by atoms with van der Waals surface area (Å²) in [6, 6.07) is 5.60. The van der Waals surface area contributed by atoms with Crippen LogP contribution in [-0.4, -0.2) is 12.6 Å². The average molecular weight is 275 g/mol. The van der Waals surface area contributed by atoms with E-state index >= 15 is 0 Å². The Labute approximate surface area is 120 Å². The summed E-state index contributed by atoms with van der Waals surface area (Å²) in [7, 11) is 0. The molecule has 1 nitrogen and oxygen atoms in total. The van der Waals surface area contributed by atoms with E-state index in [1.54, 1.807) is 9.75 Å². The van der Waals surface area contributed by atoms with Gasteiger partial charge in [0.05, 0.1) is 0 Å². The van der Waals surface area contributed by atoms with Gasteiger partial charge in [0.1, 0.15) is 0 Å². The second-order valence-electron chi connectivity index (χ2n) is 7.22. The molecule has 0 bridgehead atoms. The second kappa shape index (κ2) is 4.60. The maximum absolute atomic E-state index is 3.83. The molecule has 0 spiro atoms. The van der Waals surface area contributed by atoms with Gasteiger partial charge < -0.3 is 5.32 Å². The molecule has 2 unspecified atom stereocenters. The first-order valence-electron chi connectivity index (χ1n) is 8.07. The van der Waals surface area contributed by atoms with Crippen molar-refractivity contribution in [3.63, 3.8) is 0 Å². The average Bonchev–Trinajstić information content (AvgIpc) is 3.30. The quantitative estimate of drug-likeness (QED) is 0.827. The largest absolute Gasteiger partial charge is 0.313 e. The van der Waals surface area contributed by atoms with E-state index in [1.807, 2.05) is 0 Å². The van der Waals surface area contributed by atoms with E-state index < -0.39 is 0 Å². The van der Waals surface area contributed by atoms with Crippen LogP contribution in [0.1, 0.15) is 48.8 Å². The Morgan fingerprint density at radius 3 is 2.58 bits per heavy atom. The van der Waals surface area contributed by atoms with Crippen LogP contribution < -0.4 is 5.32 Å². The molecular weight excluding hydrogens is 250 g/mol. The summed E-state index contributed by atoms with van der Waals surface area (Å²) < 4.78 is 0. The minimum atomic E-state index is 0.603. The third-order valence-corrected chi connectivity index (χ3v) is 6.65. The van der Waals surface area contributed by atoms with Crippen LogP contribution in [0.3, 0.4) is 0 Å². The Hall–Kier alpha value is -0.340. The smallest absolute Gasteiger partial charge is 0.00684 e. The molecule has 1 N–H and O–H groups in total. The molecule has 1 heterocycles. The monoisotopic (exact) mass is 275 g/mol. The maximum atomic E-state index is 3.83. The highest BCUT2D eigenvalue weighted by molar-refractivity contribution is 7.11. The van der Waals surface area contributed by atoms with Crippen molar-refractivity contribution in [3.05, 3.63) is 21.9 Å². The number of hydrogen-bond donors (Lipinski definition) is 1. The summed E-state index contributed by atoms with van der Waals surface area (Å²) >= 11 is 2.06. The van der Waals surface area contributed by atoms with Crippen LogP contribution in [-0.2, 0) is 12.8 Å². The molecular formula is C17H25NS. The zero-order chi connectivity index (χ0) is 12.9. The lowest BCUT2D eigenvalue weighted by Crippen LogP contribution is -2.36. The van der Waals surface area contributed by atoms with E-state index in [0.717, 1.165) is 17.9 Å². The lowest BCUT2D eigenvalue weighted by atomic mass is 9.79. The fraction of sp³-hybridized carbons (Fsp3) is 0.765. The molecule has 1 aromatic heterocycles. The highest BCUT2D eigenvalue weighted by Crippen LogP contribution is 2.61. The van der Waals surface area contributed by atoms with Crippen molar-refractivity contribution in [1.82, 2.24) is 5.32 Å². The van der Waals surface area contributed by atoms with Gasteiger partial charge in [0.25, 0.3) is 0 Å². The lowest BCUT2D eigenvalue weighted by molar-refractivity contribution is 0.249. The molecule has 3 aliphatic rings. The minimum absolute atomic E-state index is 0.603. The van der Waals surface area contributed by atoms with Gasteiger partial charge in [-0.15, -0.1) is 11.3 Å². The minimum Gasteiger partial charge on any atom is -0.313 e. The standard InChI is InChI=1S/C17H25NS/c1-2-15-5-6-16(19-15)10-17(11-18-14-3-4-14)8-12-7-13(12)9-17/h5-6,12-14,18H,2-4,7-11H2,1H3. The molecule has 3 saturated carbocycles. The van der Waals surface area contributed by atoms with Crippen LogP contribution >= 0.6 is 11.3 Å². The molecule has 4 rings (SSSR count). The van der Waals surface area contributed by atoms with Crippen LogP contribution in [0, 0.1) is 17.3 Å². The van der Waals surface area contributed by atoms with E-state index in [2.05, 4.69) is 35.7 Å². The van der Waals surface area contributed by atoms with E-state index in [9.17, 15) is 0 Å². The summed E-state index contributed by atoms with van der Waals surface area (Å²) in [6.45, 7) is 3.55. The highest BCUT2D eigenvalue weighted by Gasteiger charge is 2.53. The number of rotatable bonds is 6. The van der Waals surface area contributed by atoms with Crippen LogP contribution in [0.4, 0.5) is 0 Å². The van der Waals surface area contributed by atoms with E-state index in [4.69, 9.17) is 0 Å².